The summed E-state index contributed by atoms with van der Waals surface area (Å²) in [5.41, 5.74) is 0. The summed E-state index contributed by atoms with van der Waals surface area (Å²) in [6.45, 7) is 7.06. The summed E-state index contributed by atoms with van der Waals surface area (Å²) >= 11 is 0. The van der Waals surface area contributed by atoms with Crippen LogP contribution in [0.25, 0.3) is 0 Å². The van der Waals surface area contributed by atoms with E-state index < -0.39 is 5.97 Å². The number of carboxylic acids is 1. The summed E-state index contributed by atoms with van der Waals surface area (Å²) in [4.78, 5) is 13.1. The fourth-order valence-electron chi connectivity index (χ4n) is 2.87. The van der Waals surface area contributed by atoms with Crippen LogP contribution in [-0.2, 0) is 4.79 Å². The molecule has 1 aliphatic carbocycles. The lowest BCUT2D eigenvalue weighted by atomic mass is 9.79. The van der Waals surface area contributed by atoms with Crippen molar-refractivity contribution in [2.45, 2.75) is 52.5 Å². The Bertz CT molecular complexity index is 253. The van der Waals surface area contributed by atoms with E-state index in [9.17, 15) is 4.79 Å². The van der Waals surface area contributed by atoms with Crippen molar-refractivity contribution in [3.63, 3.8) is 0 Å². The van der Waals surface area contributed by atoms with Crippen molar-refractivity contribution in [2.75, 3.05) is 13.6 Å². The lowest BCUT2D eigenvalue weighted by Crippen LogP contribution is -2.40. The highest BCUT2D eigenvalue weighted by Gasteiger charge is 2.27. The molecule has 3 nitrogen and oxygen atoms in total. The normalized spacial score (nSPS) is 27.4. The first-order valence-corrected chi connectivity index (χ1v) is 6.84. The van der Waals surface area contributed by atoms with E-state index in [2.05, 4.69) is 25.8 Å². The molecule has 1 saturated carbocycles. The van der Waals surface area contributed by atoms with Crippen LogP contribution >= 0.6 is 0 Å². The molecular formula is C14H27NO2. The molecule has 100 valence electrons. The monoisotopic (exact) mass is 241 g/mol. The second-order valence-electron chi connectivity index (χ2n) is 6.00. The minimum absolute atomic E-state index is 0.264. The second-order valence-corrected chi connectivity index (χ2v) is 6.00. The van der Waals surface area contributed by atoms with Crippen molar-refractivity contribution in [3.05, 3.63) is 0 Å². The Hall–Kier alpha value is -0.570. The molecule has 0 bridgehead atoms. The van der Waals surface area contributed by atoms with E-state index in [0.717, 1.165) is 11.8 Å². The van der Waals surface area contributed by atoms with Crippen LogP contribution in [0, 0.1) is 17.8 Å². The van der Waals surface area contributed by atoms with Gasteiger partial charge >= 0.3 is 5.97 Å². The Balaban J connectivity index is 2.46. The largest absolute Gasteiger partial charge is 0.481 e. The van der Waals surface area contributed by atoms with E-state index in [1.54, 1.807) is 6.92 Å². The first kappa shape index (κ1) is 14.5. The first-order chi connectivity index (χ1) is 7.91. The number of hydrogen-bond donors (Lipinski definition) is 1. The van der Waals surface area contributed by atoms with Crippen molar-refractivity contribution >= 4 is 5.97 Å². The van der Waals surface area contributed by atoms with Gasteiger partial charge < -0.3 is 10.0 Å². The van der Waals surface area contributed by atoms with Gasteiger partial charge in [-0.1, -0.05) is 33.6 Å². The molecule has 0 heterocycles. The van der Waals surface area contributed by atoms with Gasteiger partial charge in [-0.15, -0.1) is 0 Å². The molecule has 3 unspecified atom stereocenters. The van der Waals surface area contributed by atoms with Gasteiger partial charge in [-0.2, -0.15) is 0 Å². The zero-order valence-corrected chi connectivity index (χ0v) is 11.6. The molecule has 1 aliphatic rings. The van der Waals surface area contributed by atoms with Gasteiger partial charge in [-0.25, -0.2) is 0 Å². The quantitative estimate of drug-likeness (QED) is 0.804. The topological polar surface area (TPSA) is 40.5 Å². The van der Waals surface area contributed by atoms with Crippen molar-refractivity contribution in [2.24, 2.45) is 17.8 Å². The third kappa shape index (κ3) is 4.30. The van der Waals surface area contributed by atoms with Crippen molar-refractivity contribution < 1.29 is 9.90 Å². The number of rotatable bonds is 5. The maximum atomic E-state index is 10.9. The molecule has 0 radical (unpaired) electrons. The fraction of sp³-hybridized carbons (Fsp3) is 0.929. The van der Waals surface area contributed by atoms with E-state index in [4.69, 9.17) is 5.11 Å². The molecule has 3 heteroatoms. The molecule has 0 aromatic heterocycles. The minimum Gasteiger partial charge on any atom is -0.481 e. The summed E-state index contributed by atoms with van der Waals surface area (Å²) in [6.07, 6.45) is 5.10. The van der Waals surface area contributed by atoms with Crippen LogP contribution in [0.4, 0.5) is 0 Å². The van der Waals surface area contributed by atoms with Crippen LogP contribution in [0.3, 0.4) is 0 Å². The minimum atomic E-state index is -0.687. The number of aliphatic carboxylic acids is 1. The van der Waals surface area contributed by atoms with Gasteiger partial charge in [0.05, 0.1) is 5.92 Å². The molecule has 0 aromatic rings. The number of nitrogens with zero attached hydrogens (tertiary/aromatic N) is 1. The Morgan fingerprint density at radius 1 is 1.35 bits per heavy atom. The zero-order valence-electron chi connectivity index (χ0n) is 11.6. The molecule has 1 fully saturated rings. The Morgan fingerprint density at radius 2 is 2.00 bits per heavy atom. The van der Waals surface area contributed by atoms with Crippen molar-refractivity contribution in [1.82, 2.24) is 4.90 Å². The van der Waals surface area contributed by atoms with Gasteiger partial charge in [0.1, 0.15) is 0 Å². The smallest absolute Gasteiger partial charge is 0.307 e. The Labute approximate surface area is 105 Å². The van der Waals surface area contributed by atoms with Crippen LogP contribution in [0.5, 0.6) is 0 Å². The third-order valence-corrected chi connectivity index (χ3v) is 4.24. The van der Waals surface area contributed by atoms with Crippen LogP contribution < -0.4 is 0 Å². The lowest BCUT2D eigenvalue weighted by Gasteiger charge is -2.37. The van der Waals surface area contributed by atoms with E-state index in [1.165, 1.54) is 25.7 Å². The van der Waals surface area contributed by atoms with Crippen molar-refractivity contribution in [1.29, 1.82) is 0 Å². The summed E-state index contributed by atoms with van der Waals surface area (Å²) in [5.74, 6) is 0.618. The average Bonchev–Trinajstić information content (AvgIpc) is 2.28. The van der Waals surface area contributed by atoms with Crippen LogP contribution in [0.1, 0.15) is 46.5 Å². The molecule has 0 amide bonds. The predicted octanol–water partition coefficient (Wildman–Crippen LogP) is 2.85. The molecule has 0 aromatic carbocycles. The van der Waals surface area contributed by atoms with E-state index in [1.807, 2.05) is 0 Å². The van der Waals surface area contributed by atoms with Gasteiger partial charge in [0, 0.05) is 12.6 Å². The SMILES string of the molecule is CC(CN(C)C1CCCC(C(C)C)C1)C(=O)O. The summed E-state index contributed by atoms with van der Waals surface area (Å²) in [6, 6.07) is 0.581. The molecule has 3 atom stereocenters. The van der Waals surface area contributed by atoms with E-state index >= 15 is 0 Å². The fourth-order valence-corrected chi connectivity index (χ4v) is 2.87. The maximum absolute atomic E-state index is 10.9. The summed E-state index contributed by atoms with van der Waals surface area (Å²) in [7, 11) is 2.08. The van der Waals surface area contributed by atoms with Gasteiger partial charge in [0.15, 0.2) is 0 Å². The average molecular weight is 241 g/mol. The highest BCUT2D eigenvalue weighted by Crippen LogP contribution is 2.32. The van der Waals surface area contributed by atoms with Crippen molar-refractivity contribution in [3.8, 4) is 0 Å². The molecule has 0 spiro atoms. The lowest BCUT2D eigenvalue weighted by molar-refractivity contribution is -0.141. The van der Waals surface area contributed by atoms with Gasteiger partial charge in [0.2, 0.25) is 0 Å². The molecule has 0 saturated heterocycles. The zero-order chi connectivity index (χ0) is 13.0. The van der Waals surface area contributed by atoms with Gasteiger partial charge in [-0.3, -0.25) is 4.79 Å². The molecule has 1 N–H and O–H groups in total. The number of hydrogen-bond acceptors (Lipinski definition) is 2. The van der Waals surface area contributed by atoms with Crippen LogP contribution in [0.2, 0.25) is 0 Å². The second kappa shape index (κ2) is 6.39. The van der Waals surface area contributed by atoms with Crippen LogP contribution in [-0.4, -0.2) is 35.6 Å². The standard InChI is InChI=1S/C14H27NO2/c1-10(2)12-6-5-7-13(8-12)15(4)9-11(3)14(16)17/h10-13H,5-9H2,1-4H3,(H,16,17). The molecule has 1 rings (SSSR count). The number of carbonyl (C=O) groups is 1. The first-order valence-electron chi connectivity index (χ1n) is 6.84. The predicted molar refractivity (Wildman–Crippen MR) is 70.0 cm³/mol. The molecule has 17 heavy (non-hydrogen) atoms. The third-order valence-electron chi connectivity index (χ3n) is 4.24. The van der Waals surface area contributed by atoms with Gasteiger partial charge in [-0.05, 0) is 31.7 Å². The highest BCUT2D eigenvalue weighted by atomic mass is 16.4. The Morgan fingerprint density at radius 3 is 2.53 bits per heavy atom. The van der Waals surface area contributed by atoms with E-state index in [-0.39, 0.29) is 5.92 Å². The highest BCUT2D eigenvalue weighted by molar-refractivity contribution is 5.69. The van der Waals surface area contributed by atoms with Gasteiger partial charge in [0.25, 0.3) is 0 Å². The van der Waals surface area contributed by atoms with Crippen LogP contribution in [0.15, 0.2) is 0 Å². The van der Waals surface area contributed by atoms with E-state index in [0.29, 0.717) is 12.6 Å². The Kier molecular flexibility index (Phi) is 5.44. The number of carboxylic acid groups (broad SMARTS) is 1. The molecule has 0 aliphatic heterocycles. The summed E-state index contributed by atoms with van der Waals surface area (Å²) < 4.78 is 0. The maximum Gasteiger partial charge on any atom is 0.307 e. The molecular weight excluding hydrogens is 214 g/mol. The summed E-state index contributed by atoms with van der Waals surface area (Å²) in [5, 5.41) is 8.94.